The number of rotatable bonds is 3. The maximum Gasteiger partial charge on any atom is 0.307 e. The van der Waals surface area contributed by atoms with Crippen molar-refractivity contribution in [2.75, 3.05) is 0 Å². The van der Waals surface area contributed by atoms with E-state index in [1.165, 1.54) is 0 Å². The van der Waals surface area contributed by atoms with Crippen molar-refractivity contribution in [2.45, 2.75) is 12.3 Å². The molecule has 0 amide bonds. The number of carboxylic acids is 1. The summed E-state index contributed by atoms with van der Waals surface area (Å²) in [7, 11) is 0. The Labute approximate surface area is 98.7 Å². The van der Waals surface area contributed by atoms with Gasteiger partial charge >= 0.3 is 5.97 Å². The minimum Gasteiger partial charge on any atom is -0.481 e. The fourth-order valence-electron chi connectivity index (χ4n) is 2.09. The number of benzene rings is 1. The molecule has 2 aromatic rings. The highest BCUT2D eigenvalue weighted by Crippen LogP contribution is 2.48. The first-order chi connectivity index (χ1) is 8.25. The van der Waals surface area contributed by atoms with Gasteiger partial charge in [0.05, 0.1) is 5.92 Å². The summed E-state index contributed by atoms with van der Waals surface area (Å²) in [6.07, 6.45) is 0.692. The van der Waals surface area contributed by atoms with E-state index in [1.54, 1.807) is 0 Å². The first kappa shape index (κ1) is 10.1. The number of furan rings is 1. The molecule has 0 aliphatic heterocycles. The van der Waals surface area contributed by atoms with Gasteiger partial charge in [0.15, 0.2) is 0 Å². The highest BCUT2D eigenvalue weighted by molar-refractivity contribution is 5.75. The van der Waals surface area contributed by atoms with Gasteiger partial charge in [0, 0.05) is 11.5 Å². The van der Waals surface area contributed by atoms with Gasteiger partial charge in [-0.2, -0.15) is 0 Å². The quantitative estimate of drug-likeness (QED) is 0.878. The molecule has 1 aliphatic carbocycles. The number of aliphatic carboxylic acids is 1. The van der Waals surface area contributed by atoms with E-state index in [4.69, 9.17) is 9.52 Å². The highest BCUT2D eigenvalue weighted by Gasteiger charge is 2.46. The van der Waals surface area contributed by atoms with Crippen LogP contribution in [0, 0.1) is 5.92 Å². The van der Waals surface area contributed by atoms with Crippen molar-refractivity contribution in [3.8, 4) is 11.3 Å². The van der Waals surface area contributed by atoms with Gasteiger partial charge in [0.25, 0.3) is 0 Å². The smallest absolute Gasteiger partial charge is 0.307 e. The summed E-state index contributed by atoms with van der Waals surface area (Å²) in [5, 5.41) is 8.87. The molecule has 86 valence electrons. The number of carbonyl (C=O) groups is 1. The number of carboxylic acid groups (broad SMARTS) is 1. The van der Waals surface area contributed by atoms with Crippen molar-refractivity contribution in [3.63, 3.8) is 0 Å². The summed E-state index contributed by atoms with van der Waals surface area (Å²) < 4.78 is 5.71. The Bertz CT molecular complexity index is 542. The van der Waals surface area contributed by atoms with Gasteiger partial charge in [-0.15, -0.1) is 0 Å². The van der Waals surface area contributed by atoms with Gasteiger partial charge in [-0.3, -0.25) is 4.79 Å². The maximum atomic E-state index is 10.8. The van der Waals surface area contributed by atoms with Crippen LogP contribution >= 0.6 is 0 Å². The summed E-state index contributed by atoms with van der Waals surface area (Å²) in [6, 6.07) is 13.6. The van der Waals surface area contributed by atoms with Gasteiger partial charge in [-0.05, 0) is 18.6 Å². The number of hydrogen-bond donors (Lipinski definition) is 1. The molecular formula is C14H12O3. The Hall–Kier alpha value is -2.03. The topological polar surface area (TPSA) is 50.4 Å². The zero-order valence-electron chi connectivity index (χ0n) is 9.17. The molecule has 1 aromatic heterocycles. The second-order valence-electron chi connectivity index (χ2n) is 4.35. The first-order valence-electron chi connectivity index (χ1n) is 5.63. The summed E-state index contributed by atoms with van der Waals surface area (Å²) >= 11 is 0. The molecule has 0 bridgehead atoms. The van der Waals surface area contributed by atoms with Crippen LogP contribution in [-0.4, -0.2) is 11.1 Å². The molecule has 3 nitrogen and oxygen atoms in total. The molecule has 1 aromatic carbocycles. The predicted octanol–water partition coefficient (Wildman–Crippen LogP) is 3.13. The van der Waals surface area contributed by atoms with Gasteiger partial charge in [-0.1, -0.05) is 30.3 Å². The molecule has 17 heavy (non-hydrogen) atoms. The monoisotopic (exact) mass is 228 g/mol. The second-order valence-corrected chi connectivity index (χ2v) is 4.35. The van der Waals surface area contributed by atoms with E-state index in [1.807, 2.05) is 42.5 Å². The van der Waals surface area contributed by atoms with E-state index < -0.39 is 5.97 Å². The lowest BCUT2D eigenvalue weighted by Gasteiger charge is -1.96. The molecule has 0 spiro atoms. The van der Waals surface area contributed by atoms with E-state index in [-0.39, 0.29) is 11.8 Å². The molecule has 1 fully saturated rings. The van der Waals surface area contributed by atoms with Crippen molar-refractivity contribution in [1.82, 2.24) is 0 Å². The van der Waals surface area contributed by atoms with Gasteiger partial charge < -0.3 is 9.52 Å². The Morgan fingerprint density at radius 2 is 1.94 bits per heavy atom. The van der Waals surface area contributed by atoms with Crippen molar-refractivity contribution in [1.29, 1.82) is 0 Å². The Morgan fingerprint density at radius 1 is 1.18 bits per heavy atom. The Balaban J connectivity index is 1.83. The van der Waals surface area contributed by atoms with E-state index in [0.717, 1.165) is 17.1 Å². The molecule has 2 atom stereocenters. The van der Waals surface area contributed by atoms with Crippen LogP contribution in [0.3, 0.4) is 0 Å². The first-order valence-corrected chi connectivity index (χ1v) is 5.63. The lowest BCUT2D eigenvalue weighted by atomic mass is 10.2. The molecule has 1 aliphatic rings. The van der Waals surface area contributed by atoms with Gasteiger partial charge in [0.2, 0.25) is 0 Å². The lowest BCUT2D eigenvalue weighted by molar-refractivity contribution is -0.138. The van der Waals surface area contributed by atoms with Crippen LogP contribution in [0.2, 0.25) is 0 Å². The van der Waals surface area contributed by atoms with Crippen molar-refractivity contribution in [3.05, 3.63) is 48.2 Å². The molecule has 0 unspecified atom stereocenters. The summed E-state index contributed by atoms with van der Waals surface area (Å²) in [4.78, 5) is 10.8. The molecule has 3 heteroatoms. The summed E-state index contributed by atoms with van der Waals surface area (Å²) in [5.74, 6) is 0.662. The van der Waals surface area contributed by atoms with Crippen molar-refractivity contribution < 1.29 is 14.3 Å². The standard InChI is InChI=1S/C14H12O3/c15-14(16)11-8-10(11)13-7-6-12(17-13)9-4-2-1-3-5-9/h1-7,10-11H,8H2,(H,15,16)/t10-,11-/m0/s1. The molecule has 0 radical (unpaired) electrons. The lowest BCUT2D eigenvalue weighted by Crippen LogP contribution is -1.98. The minimum atomic E-state index is -0.729. The zero-order valence-corrected chi connectivity index (χ0v) is 9.17. The predicted molar refractivity (Wildman–Crippen MR) is 62.6 cm³/mol. The van der Waals surface area contributed by atoms with Crippen LogP contribution in [0.25, 0.3) is 11.3 Å². The largest absolute Gasteiger partial charge is 0.481 e. The third kappa shape index (κ3) is 1.84. The minimum absolute atomic E-state index is 0.0602. The zero-order chi connectivity index (χ0) is 11.8. The van der Waals surface area contributed by atoms with E-state index in [2.05, 4.69) is 0 Å². The van der Waals surface area contributed by atoms with Crippen LogP contribution in [0.4, 0.5) is 0 Å². The fraction of sp³-hybridized carbons (Fsp3) is 0.214. The third-order valence-corrected chi connectivity index (χ3v) is 3.16. The summed E-state index contributed by atoms with van der Waals surface area (Å²) in [6.45, 7) is 0. The molecule has 1 heterocycles. The van der Waals surface area contributed by atoms with Crippen LogP contribution in [0.1, 0.15) is 18.1 Å². The molecule has 0 saturated heterocycles. The van der Waals surface area contributed by atoms with Gasteiger partial charge in [0.1, 0.15) is 11.5 Å². The van der Waals surface area contributed by atoms with Crippen LogP contribution in [0.15, 0.2) is 46.9 Å². The van der Waals surface area contributed by atoms with Crippen molar-refractivity contribution in [2.24, 2.45) is 5.92 Å². The normalized spacial score (nSPS) is 22.4. The van der Waals surface area contributed by atoms with Gasteiger partial charge in [-0.25, -0.2) is 0 Å². The third-order valence-electron chi connectivity index (χ3n) is 3.16. The summed E-state index contributed by atoms with van der Waals surface area (Å²) in [5.41, 5.74) is 1.02. The average molecular weight is 228 g/mol. The highest BCUT2D eigenvalue weighted by atomic mass is 16.4. The van der Waals surface area contributed by atoms with E-state index in [9.17, 15) is 4.79 Å². The molecule has 1 N–H and O–H groups in total. The van der Waals surface area contributed by atoms with Crippen LogP contribution < -0.4 is 0 Å². The van der Waals surface area contributed by atoms with Crippen LogP contribution in [0.5, 0.6) is 0 Å². The molecule has 3 rings (SSSR count). The van der Waals surface area contributed by atoms with Crippen LogP contribution in [-0.2, 0) is 4.79 Å². The number of hydrogen-bond acceptors (Lipinski definition) is 2. The van der Waals surface area contributed by atoms with E-state index >= 15 is 0 Å². The molecule has 1 saturated carbocycles. The second kappa shape index (κ2) is 3.77. The average Bonchev–Trinajstić information content (AvgIpc) is 3.01. The maximum absolute atomic E-state index is 10.8. The van der Waals surface area contributed by atoms with E-state index in [0.29, 0.717) is 6.42 Å². The Kier molecular flexibility index (Phi) is 2.25. The SMILES string of the molecule is O=C(O)[C@H]1C[C@@H]1c1ccc(-c2ccccc2)o1. The fourth-order valence-corrected chi connectivity index (χ4v) is 2.09. The molecular weight excluding hydrogens is 216 g/mol. The van der Waals surface area contributed by atoms with Crippen molar-refractivity contribution >= 4 is 5.97 Å². The Morgan fingerprint density at radius 3 is 2.59 bits per heavy atom.